The van der Waals surface area contributed by atoms with Crippen LogP contribution in [0.3, 0.4) is 0 Å². The average molecular weight is 227 g/mol. The Hall–Kier alpha value is -0.940. The van der Waals surface area contributed by atoms with Gasteiger partial charge in [-0.15, -0.1) is 0 Å². The zero-order valence-electron chi connectivity index (χ0n) is 10.3. The summed E-state index contributed by atoms with van der Waals surface area (Å²) in [5.41, 5.74) is 0. The van der Waals surface area contributed by atoms with E-state index in [2.05, 4.69) is 10.2 Å². The highest BCUT2D eigenvalue weighted by Crippen LogP contribution is 2.11. The van der Waals surface area contributed by atoms with Crippen molar-refractivity contribution in [3.8, 4) is 0 Å². The maximum atomic E-state index is 11.7. The van der Waals surface area contributed by atoms with Crippen molar-refractivity contribution in [1.82, 2.24) is 15.1 Å². The van der Waals surface area contributed by atoms with E-state index < -0.39 is 0 Å². The van der Waals surface area contributed by atoms with Gasteiger partial charge in [0, 0.05) is 13.5 Å². The van der Waals surface area contributed by atoms with Crippen molar-refractivity contribution in [3.63, 3.8) is 0 Å². The summed E-state index contributed by atoms with van der Waals surface area (Å²) in [7, 11) is 5.61. The van der Waals surface area contributed by atoms with E-state index in [1.165, 1.54) is 4.90 Å². The molecule has 16 heavy (non-hydrogen) atoms. The number of likely N-dealkylation sites (tertiary alicyclic amines) is 1. The first-order valence-electron chi connectivity index (χ1n) is 5.71. The van der Waals surface area contributed by atoms with Crippen molar-refractivity contribution in [3.05, 3.63) is 0 Å². The predicted molar refractivity (Wildman–Crippen MR) is 62.0 cm³/mol. The number of rotatable bonds is 5. The largest absolute Gasteiger partial charge is 0.309 e. The lowest BCUT2D eigenvalue weighted by Gasteiger charge is -2.28. The van der Waals surface area contributed by atoms with E-state index in [0.29, 0.717) is 12.8 Å². The van der Waals surface area contributed by atoms with Crippen LogP contribution in [0.15, 0.2) is 0 Å². The van der Waals surface area contributed by atoms with Crippen molar-refractivity contribution in [1.29, 1.82) is 0 Å². The second-order valence-corrected chi connectivity index (χ2v) is 4.49. The summed E-state index contributed by atoms with van der Waals surface area (Å²) in [4.78, 5) is 26.3. The summed E-state index contributed by atoms with van der Waals surface area (Å²) in [5.74, 6) is -0.169. The number of imide groups is 1. The van der Waals surface area contributed by atoms with Crippen molar-refractivity contribution >= 4 is 11.8 Å². The Morgan fingerprint density at radius 3 is 2.75 bits per heavy atom. The average Bonchev–Trinajstić information content (AvgIpc) is 2.23. The zero-order valence-corrected chi connectivity index (χ0v) is 10.3. The van der Waals surface area contributed by atoms with Gasteiger partial charge in [0.25, 0.3) is 0 Å². The molecule has 0 saturated carbocycles. The Morgan fingerprint density at radius 2 is 2.12 bits per heavy atom. The quantitative estimate of drug-likeness (QED) is 0.516. The Balaban J connectivity index is 2.27. The normalized spacial score (nSPS) is 22.0. The fraction of sp³-hybridized carbons (Fsp3) is 0.818. The number of likely N-dealkylation sites (N-methyl/N-ethyl adjacent to an activating group) is 1. The van der Waals surface area contributed by atoms with Crippen molar-refractivity contribution < 1.29 is 9.59 Å². The summed E-state index contributed by atoms with van der Waals surface area (Å²) in [5, 5.41) is 3.21. The number of nitrogens with zero attached hydrogens (tertiary/aromatic N) is 2. The number of hydrogen-bond donors (Lipinski definition) is 1. The van der Waals surface area contributed by atoms with Gasteiger partial charge in [-0.2, -0.15) is 0 Å². The molecule has 5 heteroatoms. The van der Waals surface area contributed by atoms with Gasteiger partial charge in [-0.05, 0) is 40.0 Å². The predicted octanol–water partition coefficient (Wildman–Crippen LogP) is -0.325. The van der Waals surface area contributed by atoms with Crippen molar-refractivity contribution in [2.45, 2.75) is 25.3 Å². The number of carbonyl (C=O) groups excluding carboxylic acids is 2. The SMILES string of the molecule is CN(C)CCCNC1CCC(=O)N(C)C1=O. The molecule has 1 aliphatic heterocycles. The smallest absolute Gasteiger partial charge is 0.246 e. The van der Waals surface area contributed by atoms with Crippen LogP contribution in [0.1, 0.15) is 19.3 Å². The Morgan fingerprint density at radius 1 is 1.44 bits per heavy atom. The minimum Gasteiger partial charge on any atom is -0.309 e. The van der Waals surface area contributed by atoms with E-state index in [1.807, 2.05) is 14.1 Å². The van der Waals surface area contributed by atoms with Crippen molar-refractivity contribution in [2.24, 2.45) is 0 Å². The monoisotopic (exact) mass is 227 g/mol. The lowest BCUT2D eigenvalue weighted by atomic mass is 10.0. The molecule has 1 aliphatic rings. The second-order valence-electron chi connectivity index (χ2n) is 4.49. The number of carbonyl (C=O) groups is 2. The molecule has 1 rings (SSSR count). The highest BCUT2D eigenvalue weighted by atomic mass is 16.2. The Bertz CT molecular complexity index is 266. The molecule has 1 N–H and O–H groups in total. The van der Waals surface area contributed by atoms with Crippen molar-refractivity contribution in [2.75, 3.05) is 34.2 Å². The third kappa shape index (κ3) is 3.57. The number of amides is 2. The van der Waals surface area contributed by atoms with Gasteiger partial charge >= 0.3 is 0 Å². The maximum absolute atomic E-state index is 11.7. The molecular formula is C11H21N3O2. The molecule has 2 amide bonds. The van der Waals surface area contributed by atoms with Gasteiger partial charge in [0.2, 0.25) is 11.8 Å². The fourth-order valence-electron chi connectivity index (χ4n) is 1.78. The molecule has 0 bridgehead atoms. The molecule has 0 spiro atoms. The topological polar surface area (TPSA) is 52.7 Å². The first kappa shape index (κ1) is 13.1. The minimum absolute atomic E-state index is 0.0728. The standard InChI is InChI=1S/C11H21N3O2/c1-13(2)8-4-7-12-9-5-6-10(15)14(3)11(9)16/h9,12H,4-8H2,1-3H3. The molecule has 1 atom stereocenters. The Labute approximate surface area is 96.8 Å². The first-order chi connectivity index (χ1) is 7.52. The van der Waals surface area contributed by atoms with Crippen LogP contribution in [-0.2, 0) is 9.59 Å². The van der Waals surface area contributed by atoms with Gasteiger partial charge < -0.3 is 10.2 Å². The number of hydrogen-bond acceptors (Lipinski definition) is 4. The van der Waals surface area contributed by atoms with E-state index in [1.54, 1.807) is 7.05 Å². The first-order valence-corrected chi connectivity index (χ1v) is 5.71. The fourth-order valence-corrected chi connectivity index (χ4v) is 1.78. The van der Waals surface area contributed by atoms with E-state index in [9.17, 15) is 9.59 Å². The van der Waals surface area contributed by atoms with Gasteiger partial charge in [-0.3, -0.25) is 14.5 Å². The van der Waals surface area contributed by atoms with Crippen LogP contribution in [-0.4, -0.2) is 61.9 Å². The zero-order chi connectivity index (χ0) is 12.1. The maximum Gasteiger partial charge on any atom is 0.246 e. The molecule has 1 saturated heterocycles. The minimum atomic E-state index is -0.176. The molecule has 1 heterocycles. The van der Waals surface area contributed by atoms with Gasteiger partial charge in [-0.25, -0.2) is 0 Å². The molecule has 92 valence electrons. The highest BCUT2D eigenvalue weighted by Gasteiger charge is 2.30. The third-order valence-corrected chi connectivity index (χ3v) is 2.82. The van der Waals surface area contributed by atoms with Crippen LogP contribution in [0.25, 0.3) is 0 Å². The molecule has 1 fully saturated rings. The second kappa shape index (κ2) is 5.96. The van der Waals surface area contributed by atoms with Gasteiger partial charge in [0.15, 0.2) is 0 Å². The van der Waals surface area contributed by atoms with E-state index in [0.717, 1.165) is 19.5 Å². The van der Waals surface area contributed by atoms with Crippen LogP contribution in [0, 0.1) is 0 Å². The van der Waals surface area contributed by atoms with Crippen LogP contribution in [0.5, 0.6) is 0 Å². The Kier molecular flexibility index (Phi) is 4.89. The number of nitrogens with one attached hydrogen (secondary N) is 1. The van der Waals surface area contributed by atoms with Crippen LogP contribution >= 0.6 is 0 Å². The summed E-state index contributed by atoms with van der Waals surface area (Å²) in [6.45, 7) is 1.82. The van der Waals surface area contributed by atoms with Crippen LogP contribution < -0.4 is 5.32 Å². The summed E-state index contributed by atoms with van der Waals surface area (Å²) in [6, 6.07) is -0.176. The van der Waals surface area contributed by atoms with E-state index in [4.69, 9.17) is 0 Å². The summed E-state index contributed by atoms with van der Waals surface area (Å²) < 4.78 is 0. The lowest BCUT2D eigenvalue weighted by Crippen LogP contribution is -2.51. The highest BCUT2D eigenvalue weighted by molar-refractivity contribution is 6.00. The van der Waals surface area contributed by atoms with Crippen LogP contribution in [0.4, 0.5) is 0 Å². The molecule has 0 aromatic heterocycles. The van der Waals surface area contributed by atoms with E-state index in [-0.39, 0.29) is 17.9 Å². The molecule has 0 aromatic carbocycles. The van der Waals surface area contributed by atoms with Crippen LogP contribution in [0.2, 0.25) is 0 Å². The molecule has 5 nitrogen and oxygen atoms in total. The lowest BCUT2D eigenvalue weighted by molar-refractivity contribution is -0.148. The molecular weight excluding hydrogens is 206 g/mol. The summed E-state index contributed by atoms with van der Waals surface area (Å²) in [6.07, 6.45) is 2.10. The van der Waals surface area contributed by atoms with Gasteiger partial charge in [0.1, 0.15) is 0 Å². The number of piperidine rings is 1. The molecule has 0 aromatic rings. The van der Waals surface area contributed by atoms with Gasteiger partial charge in [0.05, 0.1) is 6.04 Å². The third-order valence-electron chi connectivity index (χ3n) is 2.82. The van der Waals surface area contributed by atoms with Gasteiger partial charge in [-0.1, -0.05) is 0 Å². The summed E-state index contributed by atoms with van der Waals surface area (Å²) >= 11 is 0. The molecule has 1 unspecified atom stereocenters. The molecule has 0 radical (unpaired) electrons. The van der Waals surface area contributed by atoms with E-state index >= 15 is 0 Å². The molecule has 0 aliphatic carbocycles.